The van der Waals surface area contributed by atoms with Gasteiger partial charge in [0.1, 0.15) is 11.5 Å². The molecule has 1 aromatic rings. The molecule has 1 atom stereocenters. The van der Waals surface area contributed by atoms with Crippen LogP contribution in [0.5, 0.6) is 11.5 Å². The summed E-state index contributed by atoms with van der Waals surface area (Å²) in [6, 6.07) is 3.85. The monoisotopic (exact) mass is 239 g/mol. The Labute approximate surface area is 98.6 Å². The van der Waals surface area contributed by atoms with Crippen molar-refractivity contribution in [2.45, 2.75) is 26.1 Å². The number of aliphatic hydroxyl groups excluding tert-OH is 1. The SMILES string of the molecule is COc1cc([Si](C)C)c(OC)cc1C(C)O. The van der Waals surface area contributed by atoms with Crippen molar-refractivity contribution in [2.75, 3.05) is 14.2 Å². The van der Waals surface area contributed by atoms with E-state index in [2.05, 4.69) is 13.1 Å². The van der Waals surface area contributed by atoms with Crippen molar-refractivity contribution in [1.29, 1.82) is 0 Å². The summed E-state index contributed by atoms with van der Waals surface area (Å²) in [5, 5.41) is 10.8. The van der Waals surface area contributed by atoms with Gasteiger partial charge in [0, 0.05) is 5.56 Å². The van der Waals surface area contributed by atoms with Crippen LogP contribution in [0.1, 0.15) is 18.6 Å². The van der Waals surface area contributed by atoms with Gasteiger partial charge in [0.05, 0.1) is 29.1 Å². The molecule has 1 N–H and O–H groups in total. The van der Waals surface area contributed by atoms with Crippen LogP contribution in [0.2, 0.25) is 13.1 Å². The molecule has 1 unspecified atom stereocenters. The number of benzene rings is 1. The number of methoxy groups -OCH3 is 2. The van der Waals surface area contributed by atoms with Crippen molar-refractivity contribution < 1.29 is 14.6 Å². The minimum Gasteiger partial charge on any atom is -0.497 e. The molecule has 0 amide bonds. The van der Waals surface area contributed by atoms with E-state index in [9.17, 15) is 5.11 Å². The summed E-state index contributed by atoms with van der Waals surface area (Å²) in [4.78, 5) is 0. The van der Waals surface area contributed by atoms with Crippen molar-refractivity contribution in [1.82, 2.24) is 0 Å². The van der Waals surface area contributed by atoms with E-state index in [0.717, 1.165) is 17.1 Å². The Kier molecular flexibility index (Phi) is 4.38. The van der Waals surface area contributed by atoms with Crippen LogP contribution < -0.4 is 14.7 Å². The molecule has 0 aliphatic heterocycles. The highest BCUT2D eigenvalue weighted by Crippen LogP contribution is 2.28. The minimum atomic E-state index is -0.614. The third-order valence-corrected chi connectivity index (χ3v) is 4.01. The van der Waals surface area contributed by atoms with E-state index in [1.165, 1.54) is 5.19 Å². The zero-order valence-corrected chi connectivity index (χ0v) is 11.5. The summed E-state index contributed by atoms with van der Waals surface area (Å²) in [7, 11) is 2.66. The molecule has 0 heterocycles. The highest BCUT2D eigenvalue weighted by Gasteiger charge is 2.16. The topological polar surface area (TPSA) is 38.7 Å². The van der Waals surface area contributed by atoms with E-state index >= 15 is 0 Å². The average molecular weight is 239 g/mol. The summed E-state index contributed by atoms with van der Waals surface area (Å²) in [5.74, 6) is 1.58. The lowest BCUT2D eigenvalue weighted by atomic mass is 10.1. The molecule has 0 saturated carbocycles. The summed E-state index contributed by atoms with van der Waals surface area (Å²) in [6.45, 7) is 6.12. The molecule has 89 valence electrons. The standard InChI is InChI=1S/C12H19O3Si/c1-8(13)9-6-11(15-3)12(16(4)5)7-10(9)14-2/h6-8,13H,1-5H3. The third kappa shape index (κ3) is 2.57. The molecule has 16 heavy (non-hydrogen) atoms. The van der Waals surface area contributed by atoms with Crippen molar-refractivity contribution in [3.8, 4) is 11.5 Å². The molecular weight excluding hydrogens is 220 g/mol. The quantitative estimate of drug-likeness (QED) is 0.813. The van der Waals surface area contributed by atoms with Gasteiger partial charge in [-0.05, 0) is 24.2 Å². The van der Waals surface area contributed by atoms with Crippen LogP contribution in [0.3, 0.4) is 0 Å². The molecule has 0 aliphatic rings. The van der Waals surface area contributed by atoms with Crippen LogP contribution in [0.4, 0.5) is 0 Å². The van der Waals surface area contributed by atoms with Gasteiger partial charge in [-0.2, -0.15) is 0 Å². The smallest absolute Gasteiger partial charge is 0.124 e. The second kappa shape index (κ2) is 5.36. The Balaban J connectivity index is 3.34. The van der Waals surface area contributed by atoms with E-state index in [4.69, 9.17) is 9.47 Å². The Morgan fingerprint density at radius 2 is 1.69 bits per heavy atom. The lowest BCUT2D eigenvalue weighted by molar-refractivity contribution is 0.194. The van der Waals surface area contributed by atoms with E-state index < -0.39 is 14.9 Å². The van der Waals surface area contributed by atoms with Crippen LogP contribution in [-0.4, -0.2) is 28.1 Å². The van der Waals surface area contributed by atoms with Crippen LogP contribution in [0, 0.1) is 0 Å². The molecule has 3 nitrogen and oxygen atoms in total. The Bertz CT molecular complexity index is 326. The van der Waals surface area contributed by atoms with Gasteiger partial charge in [0.2, 0.25) is 0 Å². The Morgan fingerprint density at radius 1 is 1.12 bits per heavy atom. The fraction of sp³-hybridized carbons (Fsp3) is 0.500. The van der Waals surface area contributed by atoms with Gasteiger partial charge in [-0.3, -0.25) is 0 Å². The first kappa shape index (κ1) is 13.1. The summed E-state index contributed by atoms with van der Waals surface area (Å²) < 4.78 is 10.7. The Morgan fingerprint density at radius 3 is 2.06 bits per heavy atom. The number of ether oxygens (including phenoxy) is 2. The zero-order valence-electron chi connectivity index (χ0n) is 10.5. The highest BCUT2D eigenvalue weighted by molar-refractivity contribution is 6.71. The van der Waals surface area contributed by atoms with Crippen LogP contribution >= 0.6 is 0 Å². The van der Waals surface area contributed by atoms with E-state index in [0.29, 0.717) is 0 Å². The molecule has 4 heteroatoms. The normalized spacial score (nSPS) is 12.7. The first-order valence-corrected chi connectivity index (χ1v) is 7.75. The van der Waals surface area contributed by atoms with Gasteiger partial charge in [0.15, 0.2) is 0 Å². The zero-order chi connectivity index (χ0) is 12.3. The maximum Gasteiger partial charge on any atom is 0.124 e. The first-order valence-electron chi connectivity index (χ1n) is 5.25. The predicted molar refractivity (Wildman–Crippen MR) is 67.3 cm³/mol. The summed E-state index contributed by atoms with van der Waals surface area (Å²) in [5.41, 5.74) is 0.770. The van der Waals surface area contributed by atoms with Gasteiger partial charge in [0.25, 0.3) is 0 Å². The molecule has 0 fully saturated rings. The molecule has 0 spiro atoms. The van der Waals surface area contributed by atoms with Gasteiger partial charge in [-0.1, -0.05) is 13.1 Å². The van der Waals surface area contributed by atoms with Crippen LogP contribution in [0.15, 0.2) is 12.1 Å². The largest absolute Gasteiger partial charge is 0.497 e. The van der Waals surface area contributed by atoms with Crippen molar-refractivity contribution >= 4 is 14.0 Å². The molecule has 0 bridgehead atoms. The van der Waals surface area contributed by atoms with E-state index in [1.54, 1.807) is 21.1 Å². The van der Waals surface area contributed by atoms with Crippen LogP contribution in [0.25, 0.3) is 0 Å². The molecule has 0 saturated heterocycles. The molecule has 0 aromatic heterocycles. The van der Waals surface area contributed by atoms with Crippen molar-refractivity contribution in [3.05, 3.63) is 17.7 Å². The van der Waals surface area contributed by atoms with Crippen molar-refractivity contribution in [3.63, 3.8) is 0 Å². The van der Waals surface area contributed by atoms with Gasteiger partial charge < -0.3 is 14.6 Å². The Hall–Kier alpha value is -1.00. The summed E-state index contributed by atoms with van der Waals surface area (Å²) >= 11 is 0. The lowest BCUT2D eigenvalue weighted by Crippen LogP contribution is -2.25. The number of hydrogen-bond donors (Lipinski definition) is 1. The maximum atomic E-state index is 9.66. The van der Waals surface area contributed by atoms with Crippen molar-refractivity contribution in [2.24, 2.45) is 0 Å². The van der Waals surface area contributed by atoms with Gasteiger partial charge in [-0.25, -0.2) is 0 Å². The minimum absolute atomic E-state index is 0.553. The predicted octanol–water partition coefficient (Wildman–Crippen LogP) is 1.72. The van der Waals surface area contributed by atoms with Crippen LogP contribution in [-0.2, 0) is 0 Å². The summed E-state index contributed by atoms with van der Waals surface area (Å²) in [6.07, 6.45) is -0.553. The maximum absolute atomic E-state index is 9.66. The molecule has 1 rings (SSSR count). The average Bonchev–Trinajstić information content (AvgIpc) is 2.26. The van der Waals surface area contributed by atoms with Gasteiger partial charge in [-0.15, -0.1) is 0 Å². The highest BCUT2D eigenvalue weighted by atomic mass is 28.3. The van der Waals surface area contributed by atoms with E-state index in [-0.39, 0.29) is 0 Å². The lowest BCUT2D eigenvalue weighted by Gasteiger charge is -2.17. The fourth-order valence-electron chi connectivity index (χ4n) is 1.64. The fourth-order valence-corrected chi connectivity index (χ4v) is 2.73. The molecule has 1 radical (unpaired) electrons. The molecule has 1 aromatic carbocycles. The number of hydrogen-bond acceptors (Lipinski definition) is 3. The van der Waals surface area contributed by atoms with Gasteiger partial charge >= 0.3 is 0 Å². The second-order valence-electron chi connectivity index (χ2n) is 3.97. The van der Waals surface area contributed by atoms with E-state index in [1.807, 2.05) is 12.1 Å². The second-order valence-corrected chi connectivity index (χ2v) is 6.51. The molecular formula is C12H19O3Si. The number of aliphatic hydroxyl groups is 1. The third-order valence-electron chi connectivity index (χ3n) is 2.54. The molecule has 0 aliphatic carbocycles. The number of rotatable bonds is 4. The first-order chi connectivity index (χ1) is 7.51.